The van der Waals surface area contributed by atoms with E-state index in [1.165, 1.54) is 212 Å². The molecule has 0 N–H and O–H groups in total. The van der Waals surface area contributed by atoms with Crippen LogP contribution in [0.5, 0.6) is 0 Å². The molecule has 0 fully saturated rings. The second-order valence-corrected chi connectivity index (χ2v) is 21.8. The van der Waals surface area contributed by atoms with Crippen molar-refractivity contribution in [2.75, 3.05) is 13.2 Å². The van der Waals surface area contributed by atoms with Gasteiger partial charge in [-0.2, -0.15) is 0 Å². The number of esters is 3. The molecule has 2 atom stereocenters. The summed E-state index contributed by atoms with van der Waals surface area (Å²) in [6.07, 6.45) is 53.9. The van der Waals surface area contributed by atoms with Crippen molar-refractivity contribution in [1.82, 2.24) is 0 Å². The second-order valence-electron chi connectivity index (χ2n) is 21.8. The molecule has 0 amide bonds. The Morgan fingerprint density at radius 2 is 0.530 bits per heavy atom. The summed E-state index contributed by atoms with van der Waals surface area (Å²) in [5.74, 6) is 1.69. The van der Waals surface area contributed by atoms with Crippen LogP contribution in [-0.4, -0.2) is 37.2 Å². The first-order valence-corrected chi connectivity index (χ1v) is 29.6. The van der Waals surface area contributed by atoms with E-state index in [0.717, 1.165) is 75.5 Å². The summed E-state index contributed by atoms with van der Waals surface area (Å²) in [6.45, 7) is 13.8. The SMILES string of the molecule is CCC(C)CCCCCCCCCCCCCCCCCCCCC(=O)O[C@H](COC(=O)CCCCCCCCCCCCCCC(C)C)COC(=O)CCCCCCCCCCC(C)C. The molecule has 6 heteroatoms. The van der Waals surface area contributed by atoms with Gasteiger partial charge < -0.3 is 14.2 Å². The Morgan fingerprint density at radius 1 is 0.303 bits per heavy atom. The van der Waals surface area contributed by atoms with E-state index in [1.54, 1.807) is 0 Å². The van der Waals surface area contributed by atoms with Crippen LogP contribution < -0.4 is 0 Å². The molecule has 0 saturated heterocycles. The summed E-state index contributed by atoms with van der Waals surface area (Å²) >= 11 is 0. The quantitative estimate of drug-likeness (QED) is 0.0343. The maximum atomic E-state index is 12.9. The Bertz CT molecular complexity index is 1020. The van der Waals surface area contributed by atoms with Gasteiger partial charge in [0.2, 0.25) is 0 Å². The van der Waals surface area contributed by atoms with Crippen molar-refractivity contribution in [2.24, 2.45) is 17.8 Å². The fourth-order valence-corrected chi connectivity index (χ4v) is 9.14. The molecule has 0 saturated carbocycles. The summed E-state index contributed by atoms with van der Waals surface area (Å²) in [4.78, 5) is 38.1. The van der Waals surface area contributed by atoms with Gasteiger partial charge in [0.25, 0.3) is 0 Å². The molecule has 0 aliphatic heterocycles. The second kappa shape index (κ2) is 51.3. The molecule has 0 spiro atoms. The average Bonchev–Trinajstić information content (AvgIpc) is 3.29. The Morgan fingerprint density at radius 3 is 0.788 bits per heavy atom. The summed E-state index contributed by atoms with van der Waals surface area (Å²) in [7, 11) is 0. The highest BCUT2D eigenvalue weighted by molar-refractivity contribution is 5.71. The highest BCUT2D eigenvalue weighted by Gasteiger charge is 2.19. The van der Waals surface area contributed by atoms with Crippen LogP contribution in [0, 0.1) is 17.8 Å². The number of ether oxygens (including phenoxy) is 3. The molecule has 0 aliphatic carbocycles. The molecule has 392 valence electrons. The van der Waals surface area contributed by atoms with E-state index in [-0.39, 0.29) is 31.1 Å². The van der Waals surface area contributed by atoms with Gasteiger partial charge in [-0.15, -0.1) is 0 Å². The molecule has 0 aromatic heterocycles. The van der Waals surface area contributed by atoms with Crippen LogP contribution in [-0.2, 0) is 28.6 Å². The molecule has 1 unspecified atom stereocenters. The van der Waals surface area contributed by atoms with Gasteiger partial charge in [-0.1, -0.05) is 292 Å². The van der Waals surface area contributed by atoms with Crippen LogP contribution in [0.3, 0.4) is 0 Å². The van der Waals surface area contributed by atoms with Crippen molar-refractivity contribution < 1.29 is 28.6 Å². The van der Waals surface area contributed by atoms with E-state index in [0.29, 0.717) is 19.3 Å². The van der Waals surface area contributed by atoms with E-state index in [1.807, 2.05) is 0 Å². The summed E-state index contributed by atoms with van der Waals surface area (Å²) in [6, 6.07) is 0. The molecule has 66 heavy (non-hydrogen) atoms. The average molecular weight is 934 g/mol. The smallest absolute Gasteiger partial charge is 0.306 e. The van der Waals surface area contributed by atoms with Gasteiger partial charge in [0.05, 0.1) is 0 Å². The van der Waals surface area contributed by atoms with Crippen LogP contribution >= 0.6 is 0 Å². The predicted molar refractivity (Wildman–Crippen MR) is 284 cm³/mol. The highest BCUT2D eigenvalue weighted by Crippen LogP contribution is 2.19. The molecule has 0 aromatic carbocycles. The Kier molecular flexibility index (Phi) is 50.0. The zero-order valence-corrected chi connectivity index (χ0v) is 45.5. The van der Waals surface area contributed by atoms with Gasteiger partial charge in [-0.25, -0.2) is 0 Å². The number of hydrogen-bond donors (Lipinski definition) is 0. The summed E-state index contributed by atoms with van der Waals surface area (Å²) < 4.78 is 16.9. The molecule has 6 nitrogen and oxygen atoms in total. The number of rotatable bonds is 53. The van der Waals surface area contributed by atoms with Crippen LogP contribution in [0.1, 0.15) is 330 Å². The fourth-order valence-electron chi connectivity index (χ4n) is 9.14. The maximum absolute atomic E-state index is 12.9. The monoisotopic (exact) mass is 933 g/mol. The molecular formula is C60H116O6. The highest BCUT2D eigenvalue weighted by atomic mass is 16.6. The van der Waals surface area contributed by atoms with E-state index >= 15 is 0 Å². The van der Waals surface area contributed by atoms with Crippen LogP contribution in [0.4, 0.5) is 0 Å². The van der Waals surface area contributed by atoms with Gasteiger partial charge in [0.15, 0.2) is 6.10 Å². The minimum atomic E-state index is -0.764. The van der Waals surface area contributed by atoms with Crippen molar-refractivity contribution in [2.45, 2.75) is 337 Å². The molecule has 0 rings (SSSR count). The summed E-state index contributed by atoms with van der Waals surface area (Å²) in [5.41, 5.74) is 0. The molecular weight excluding hydrogens is 817 g/mol. The Labute approximate surface area is 412 Å². The minimum Gasteiger partial charge on any atom is -0.462 e. The lowest BCUT2D eigenvalue weighted by Gasteiger charge is -2.18. The zero-order valence-electron chi connectivity index (χ0n) is 45.5. The van der Waals surface area contributed by atoms with Crippen molar-refractivity contribution >= 4 is 17.9 Å². The molecule has 0 heterocycles. The standard InChI is InChI=1S/C60H116O6/c1-7-56(6)48-42-36-30-23-19-14-12-10-8-9-11-13-15-21-25-33-39-45-51-60(63)66-57(53-65-59(62)50-44-38-32-27-26-29-35-41-47-55(4)5)52-64-58(61)49-43-37-31-24-20-17-16-18-22-28-34-40-46-54(2)3/h54-57H,7-53H2,1-6H3/t56?,57-/m1/s1. The van der Waals surface area contributed by atoms with Crippen molar-refractivity contribution in [3.8, 4) is 0 Å². The lowest BCUT2D eigenvalue weighted by atomic mass is 9.99. The van der Waals surface area contributed by atoms with Crippen molar-refractivity contribution in [3.05, 3.63) is 0 Å². The number of hydrogen-bond acceptors (Lipinski definition) is 6. The van der Waals surface area contributed by atoms with Gasteiger partial charge in [-0.3, -0.25) is 14.4 Å². The topological polar surface area (TPSA) is 78.9 Å². The molecule has 0 bridgehead atoms. The molecule has 0 radical (unpaired) electrons. The lowest BCUT2D eigenvalue weighted by molar-refractivity contribution is -0.167. The van der Waals surface area contributed by atoms with Gasteiger partial charge in [0.1, 0.15) is 13.2 Å². The van der Waals surface area contributed by atoms with Crippen molar-refractivity contribution in [1.29, 1.82) is 0 Å². The van der Waals surface area contributed by atoms with Gasteiger partial charge in [0, 0.05) is 19.3 Å². The zero-order chi connectivity index (χ0) is 48.4. The first-order valence-electron chi connectivity index (χ1n) is 29.6. The van der Waals surface area contributed by atoms with Gasteiger partial charge in [-0.05, 0) is 37.0 Å². The largest absolute Gasteiger partial charge is 0.462 e. The molecule has 0 aliphatic rings. The van der Waals surface area contributed by atoms with Gasteiger partial charge >= 0.3 is 17.9 Å². The maximum Gasteiger partial charge on any atom is 0.306 e. The summed E-state index contributed by atoms with van der Waals surface area (Å²) in [5, 5.41) is 0. The third-order valence-corrected chi connectivity index (χ3v) is 14.0. The van der Waals surface area contributed by atoms with Crippen molar-refractivity contribution in [3.63, 3.8) is 0 Å². The van der Waals surface area contributed by atoms with Crippen LogP contribution in [0.15, 0.2) is 0 Å². The van der Waals surface area contributed by atoms with Crippen LogP contribution in [0.25, 0.3) is 0 Å². The predicted octanol–water partition coefficient (Wildman–Crippen LogP) is 19.5. The first kappa shape index (κ1) is 64.4. The Hall–Kier alpha value is -1.59. The number of carbonyl (C=O) groups excluding carboxylic acids is 3. The van der Waals surface area contributed by atoms with E-state index in [9.17, 15) is 14.4 Å². The fraction of sp³-hybridized carbons (Fsp3) is 0.950. The minimum absolute atomic E-state index is 0.0639. The van der Waals surface area contributed by atoms with E-state index in [4.69, 9.17) is 14.2 Å². The number of unbranched alkanes of at least 4 members (excludes halogenated alkanes) is 35. The third-order valence-electron chi connectivity index (χ3n) is 14.0. The first-order chi connectivity index (χ1) is 32.1. The number of carbonyl (C=O) groups is 3. The normalized spacial score (nSPS) is 12.5. The Balaban J connectivity index is 4.23. The van der Waals surface area contributed by atoms with Crippen LogP contribution in [0.2, 0.25) is 0 Å². The third kappa shape index (κ3) is 51.8. The molecule has 0 aromatic rings. The lowest BCUT2D eigenvalue weighted by Crippen LogP contribution is -2.30. The van der Waals surface area contributed by atoms with E-state index < -0.39 is 6.10 Å². The van der Waals surface area contributed by atoms with E-state index in [2.05, 4.69) is 41.5 Å².